The highest BCUT2D eigenvalue weighted by molar-refractivity contribution is 7.97. The van der Waals surface area contributed by atoms with E-state index in [-0.39, 0.29) is 5.69 Å². The smallest absolute Gasteiger partial charge is 0.273 e. The van der Waals surface area contributed by atoms with Gasteiger partial charge in [-0.3, -0.25) is 15.3 Å². The number of nitro benzene ring substituents is 1. The van der Waals surface area contributed by atoms with Crippen molar-refractivity contribution < 1.29 is 4.92 Å². The minimum Gasteiger partial charge on any atom is -0.274 e. The van der Waals surface area contributed by atoms with Crippen LogP contribution >= 0.6 is 11.9 Å². The predicted octanol–water partition coefficient (Wildman–Crippen LogP) is 1.87. The predicted molar refractivity (Wildman–Crippen MR) is 47.9 cm³/mol. The lowest BCUT2D eigenvalue weighted by Crippen LogP contribution is -1.92. The number of rotatable bonds is 2. The molecule has 0 unspecified atom stereocenters. The van der Waals surface area contributed by atoms with Crippen LogP contribution in [0.5, 0.6) is 0 Å². The van der Waals surface area contributed by atoms with Crippen LogP contribution in [0, 0.1) is 17.0 Å². The fourth-order valence-corrected chi connectivity index (χ4v) is 1.19. The summed E-state index contributed by atoms with van der Waals surface area (Å²) in [5.41, 5.74) is 0.767. The van der Waals surface area contributed by atoms with E-state index in [0.29, 0.717) is 10.5 Å². The van der Waals surface area contributed by atoms with E-state index in [4.69, 9.17) is 5.14 Å². The minimum atomic E-state index is -0.408. The van der Waals surface area contributed by atoms with Gasteiger partial charge in [0.15, 0.2) is 0 Å². The number of benzene rings is 1. The Morgan fingerprint density at radius 1 is 1.58 bits per heavy atom. The van der Waals surface area contributed by atoms with Gasteiger partial charge in [0.05, 0.1) is 4.92 Å². The highest BCUT2D eigenvalue weighted by atomic mass is 32.2. The fourth-order valence-electron chi connectivity index (χ4n) is 0.859. The number of hydrogen-bond donors (Lipinski definition) is 1. The Bertz CT molecular complexity index is 314. The maximum atomic E-state index is 10.4. The van der Waals surface area contributed by atoms with E-state index in [0.717, 1.165) is 11.9 Å². The minimum absolute atomic E-state index is 0.116. The average Bonchev–Trinajstić information content (AvgIpc) is 2.05. The van der Waals surface area contributed by atoms with Crippen molar-refractivity contribution in [3.05, 3.63) is 33.9 Å². The molecule has 0 spiro atoms. The first kappa shape index (κ1) is 9.02. The molecule has 0 aliphatic rings. The van der Waals surface area contributed by atoms with E-state index in [9.17, 15) is 10.1 Å². The molecule has 0 heterocycles. The van der Waals surface area contributed by atoms with Gasteiger partial charge in [0, 0.05) is 16.5 Å². The first-order valence-electron chi connectivity index (χ1n) is 3.27. The summed E-state index contributed by atoms with van der Waals surface area (Å²) in [5.74, 6) is 0. The van der Waals surface area contributed by atoms with Crippen LogP contribution < -0.4 is 5.14 Å². The third-order valence-electron chi connectivity index (χ3n) is 1.51. The molecular weight excluding hydrogens is 176 g/mol. The summed E-state index contributed by atoms with van der Waals surface area (Å²) in [6.07, 6.45) is 0. The third kappa shape index (κ3) is 1.75. The highest BCUT2D eigenvalue weighted by Gasteiger charge is 2.09. The van der Waals surface area contributed by atoms with Gasteiger partial charge in [-0.15, -0.1) is 0 Å². The summed E-state index contributed by atoms with van der Waals surface area (Å²) in [6.45, 7) is 1.70. The van der Waals surface area contributed by atoms with Crippen molar-refractivity contribution in [2.45, 2.75) is 11.8 Å². The largest absolute Gasteiger partial charge is 0.274 e. The van der Waals surface area contributed by atoms with Crippen molar-refractivity contribution in [3.8, 4) is 0 Å². The normalized spacial score (nSPS) is 9.83. The van der Waals surface area contributed by atoms with Crippen LogP contribution in [-0.4, -0.2) is 4.92 Å². The molecular formula is C7H8N2O2S. The SMILES string of the molecule is Cc1ccc(SN)cc1[N+](=O)[O-]. The maximum Gasteiger partial charge on any atom is 0.273 e. The van der Waals surface area contributed by atoms with Crippen molar-refractivity contribution in [2.75, 3.05) is 0 Å². The summed E-state index contributed by atoms with van der Waals surface area (Å²) >= 11 is 1.00. The van der Waals surface area contributed by atoms with E-state index in [1.54, 1.807) is 19.1 Å². The summed E-state index contributed by atoms with van der Waals surface area (Å²) < 4.78 is 0. The molecule has 1 aromatic rings. The molecule has 0 aliphatic carbocycles. The molecule has 1 aromatic carbocycles. The lowest BCUT2D eigenvalue weighted by Gasteiger charge is -1.98. The van der Waals surface area contributed by atoms with Gasteiger partial charge in [-0.1, -0.05) is 6.07 Å². The van der Waals surface area contributed by atoms with Crippen molar-refractivity contribution in [1.29, 1.82) is 0 Å². The molecule has 4 nitrogen and oxygen atoms in total. The highest BCUT2D eigenvalue weighted by Crippen LogP contribution is 2.22. The first-order chi connectivity index (χ1) is 5.65. The van der Waals surface area contributed by atoms with Gasteiger partial charge in [-0.2, -0.15) is 0 Å². The lowest BCUT2D eigenvalue weighted by atomic mass is 10.2. The van der Waals surface area contributed by atoms with Gasteiger partial charge in [0.2, 0.25) is 0 Å². The number of nitrogens with two attached hydrogens (primary N) is 1. The molecule has 64 valence electrons. The molecule has 0 atom stereocenters. The zero-order chi connectivity index (χ0) is 9.14. The van der Waals surface area contributed by atoms with Crippen LogP contribution in [0.25, 0.3) is 0 Å². The Morgan fingerprint density at radius 3 is 2.75 bits per heavy atom. The average molecular weight is 184 g/mol. The summed E-state index contributed by atoms with van der Waals surface area (Å²) in [4.78, 5) is 10.7. The number of nitro groups is 1. The van der Waals surface area contributed by atoms with E-state index >= 15 is 0 Å². The van der Waals surface area contributed by atoms with E-state index in [1.807, 2.05) is 0 Å². The molecule has 12 heavy (non-hydrogen) atoms. The van der Waals surface area contributed by atoms with Crippen LogP contribution in [0.4, 0.5) is 5.69 Å². The monoisotopic (exact) mass is 184 g/mol. The van der Waals surface area contributed by atoms with Gasteiger partial charge < -0.3 is 0 Å². The van der Waals surface area contributed by atoms with Crippen LogP contribution in [0.1, 0.15) is 5.56 Å². The lowest BCUT2D eigenvalue weighted by molar-refractivity contribution is -0.385. The maximum absolute atomic E-state index is 10.4. The Hall–Kier alpha value is -1.07. The van der Waals surface area contributed by atoms with Crippen molar-refractivity contribution >= 4 is 17.6 Å². The fraction of sp³-hybridized carbons (Fsp3) is 0.143. The quantitative estimate of drug-likeness (QED) is 0.432. The first-order valence-corrected chi connectivity index (χ1v) is 4.15. The number of nitrogens with zero attached hydrogens (tertiary/aromatic N) is 1. The molecule has 0 bridgehead atoms. The molecule has 0 radical (unpaired) electrons. The topological polar surface area (TPSA) is 69.2 Å². The molecule has 0 aliphatic heterocycles. The van der Waals surface area contributed by atoms with E-state index < -0.39 is 4.92 Å². The summed E-state index contributed by atoms with van der Waals surface area (Å²) in [7, 11) is 0. The second-order valence-electron chi connectivity index (χ2n) is 2.32. The zero-order valence-corrected chi connectivity index (χ0v) is 7.30. The molecule has 0 saturated carbocycles. The molecule has 5 heteroatoms. The van der Waals surface area contributed by atoms with Crippen LogP contribution in [0.3, 0.4) is 0 Å². The second kappa shape index (κ2) is 3.55. The van der Waals surface area contributed by atoms with Gasteiger partial charge >= 0.3 is 0 Å². The van der Waals surface area contributed by atoms with E-state index in [1.165, 1.54) is 6.07 Å². The molecule has 1 rings (SSSR count). The van der Waals surface area contributed by atoms with Gasteiger partial charge in [-0.25, -0.2) is 0 Å². The van der Waals surface area contributed by atoms with E-state index in [2.05, 4.69) is 0 Å². The van der Waals surface area contributed by atoms with Crippen LogP contribution in [0.15, 0.2) is 23.1 Å². The third-order valence-corrected chi connectivity index (χ3v) is 2.04. The number of aryl methyl sites for hydroxylation is 1. The van der Waals surface area contributed by atoms with Gasteiger partial charge in [0.25, 0.3) is 5.69 Å². The van der Waals surface area contributed by atoms with Crippen molar-refractivity contribution in [1.82, 2.24) is 0 Å². The zero-order valence-electron chi connectivity index (χ0n) is 6.48. The molecule has 2 N–H and O–H groups in total. The summed E-state index contributed by atoms with van der Waals surface area (Å²) in [6, 6.07) is 4.92. The number of hydrogen-bond acceptors (Lipinski definition) is 4. The Labute approximate surface area is 74.0 Å². The molecule has 0 fully saturated rings. The van der Waals surface area contributed by atoms with Crippen LogP contribution in [-0.2, 0) is 0 Å². The molecule has 0 aromatic heterocycles. The van der Waals surface area contributed by atoms with Crippen LogP contribution in [0.2, 0.25) is 0 Å². The Kier molecular flexibility index (Phi) is 2.67. The summed E-state index contributed by atoms with van der Waals surface area (Å²) in [5, 5.41) is 15.7. The van der Waals surface area contributed by atoms with Gasteiger partial charge in [0.1, 0.15) is 0 Å². The molecule has 0 amide bonds. The Morgan fingerprint density at radius 2 is 2.25 bits per heavy atom. The van der Waals surface area contributed by atoms with Gasteiger partial charge in [-0.05, 0) is 24.9 Å². The standard InChI is InChI=1S/C7H8N2O2S/c1-5-2-3-6(12-8)4-7(5)9(10)11/h2-4H,8H2,1H3. The van der Waals surface area contributed by atoms with Crippen molar-refractivity contribution in [3.63, 3.8) is 0 Å². The molecule has 0 saturated heterocycles. The Balaban J connectivity index is 3.17. The second-order valence-corrected chi connectivity index (χ2v) is 3.03. The van der Waals surface area contributed by atoms with Crippen molar-refractivity contribution in [2.24, 2.45) is 5.14 Å².